The molecule has 6 aromatic heterocycles. The molecule has 2 N–H and O–H groups in total. The van der Waals surface area contributed by atoms with Crippen molar-refractivity contribution in [1.29, 1.82) is 0 Å². The van der Waals surface area contributed by atoms with Gasteiger partial charge in [-0.25, -0.2) is 13.4 Å². The van der Waals surface area contributed by atoms with Crippen molar-refractivity contribution in [2.24, 2.45) is 82.9 Å². The van der Waals surface area contributed by atoms with Crippen molar-refractivity contribution >= 4 is 43.5 Å². The van der Waals surface area contributed by atoms with Gasteiger partial charge in [-0.05, 0) is 267 Å². The summed E-state index contributed by atoms with van der Waals surface area (Å²) in [5, 5.41) is 10.4. The van der Waals surface area contributed by atoms with Crippen molar-refractivity contribution in [1.82, 2.24) is 34.6 Å². The molecule has 692 valence electrons. The Morgan fingerprint density at radius 3 is 1.40 bits per heavy atom. The number of thiophene rings is 1. The molecule has 1 saturated carbocycles. The Labute approximate surface area is 752 Å². The summed E-state index contributed by atoms with van der Waals surface area (Å²) in [7, 11) is -3.07. The van der Waals surface area contributed by atoms with Crippen molar-refractivity contribution in [2.45, 2.75) is 430 Å². The van der Waals surface area contributed by atoms with Crippen molar-refractivity contribution in [3.8, 4) is 0 Å². The van der Waals surface area contributed by atoms with Crippen molar-refractivity contribution in [3.63, 3.8) is 0 Å². The summed E-state index contributed by atoms with van der Waals surface area (Å²) in [6.07, 6.45) is 25.0. The Morgan fingerprint density at radius 1 is 0.467 bits per heavy atom. The van der Waals surface area contributed by atoms with Gasteiger partial charge in [0.05, 0.1) is 21.3 Å². The van der Waals surface area contributed by atoms with Crippen LogP contribution in [0.5, 0.6) is 0 Å². The fourth-order valence-electron chi connectivity index (χ4n) is 15.0. The first-order chi connectivity index (χ1) is 55.6. The van der Waals surface area contributed by atoms with Crippen LogP contribution in [0.15, 0.2) is 77.5 Å². The van der Waals surface area contributed by atoms with Gasteiger partial charge < -0.3 is 9.88 Å². The van der Waals surface area contributed by atoms with Gasteiger partial charge in [0, 0.05) is 117 Å². The Balaban J connectivity index is 0.000000670. The Kier molecular flexibility index (Phi) is 55.4. The van der Waals surface area contributed by atoms with E-state index in [9.17, 15) is 13.6 Å². The number of hydrogen-bond acceptors (Lipinski definition) is 11. The van der Waals surface area contributed by atoms with Crippen LogP contribution in [0, 0.1) is 82.9 Å². The number of nitrogens with zero attached hydrogens (tertiary/aromatic N) is 7. The summed E-state index contributed by atoms with van der Waals surface area (Å²) in [6, 6.07) is 20.7. The largest absolute Gasteiger partial charge is 0.357 e. The fourth-order valence-corrected chi connectivity index (χ4v) is 19.0. The van der Waals surface area contributed by atoms with Gasteiger partial charge in [-0.15, -0.1) is 22.7 Å². The topological polar surface area (TPSA) is 122 Å². The lowest BCUT2D eigenvalue weighted by Crippen LogP contribution is -2.51. The van der Waals surface area contributed by atoms with E-state index in [1.165, 1.54) is 150 Å². The maximum atomic E-state index is 11.8. The zero-order chi connectivity index (χ0) is 91.9. The van der Waals surface area contributed by atoms with Gasteiger partial charge in [0.2, 0.25) is 12.4 Å². The van der Waals surface area contributed by atoms with Crippen LogP contribution in [-0.2, 0) is 35.5 Å². The van der Waals surface area contributed by atoms with Gasteiger partial charge in [0.25, 0.3) is 0 Å². The van der Waals surface area contributed by atoms with Crippen LogP contribution < -0.4 is 4.73 Å². The molecule has 4 fully saturated rings. The molecule has 0 radical (unpaired) electrons. The number of rotatable bonds is 29. The average Bonchev–Trinajstić information content (AvgIpc) is 1.62. The van der Waals surface area contributed by atoms with Gasteiger partial charge in [0.15, 0.2) is 9.84 Å². The quantitative estimate of drug-likeness (QED) is 0.0269. The second-order valence-corrected chi connectivity index (χ2v) is 48.1. The number of nitrogens with one attached hydrogen (secondary N) is 1. The lowest BCUT2D eigenvalue weighted by Gasteiger charge is -2.44. The lowest BCUT2D eigenvalue weighted by atomic mass is 9.75. The molecule has 6 aromatic rings. The van der Waals surface area contributed by atoms with Crippen LogP contribution in [0.4, 0.5) is 0 Å². The van der Waals surface area contributed by atoms with Crippen molar-refractivity contribution < 1.29 is 18.4 Å². The summed E-state index contributed by atoms with van der Waals surface area (Å²) in [5.74, 6) is 14.5. The van der Waals surface area contributed by atoms with E-state index >= 15 is 0 Å². The zero-order valence-corrected chi connectivity index (χ0v) is 88.0. The van der Waals surface area contributed by atoms with E-state index in [2.05, 4.69) is 334 Å². The molecule has 120 heavy (non-hydrogen) atoms. The molecule has 3 aliphatic heterocycles. The molecule has 1 aliphatic carbocycles. The molecule has 4 aliphatic rings. The first-order valence-corrected chi connectivity index (χ1v) is 51.5. The first kappa shape index (κ1) is 114. The molecule has 0 bridgehead atoms. The van der Waals surface area contributed by atoms with E-state index in [1.54, 1.807) is 32.3 Å². The molecule has 9 heterocycles. The second kappa shape index (κ2) is 58.3. The summed E-state index contributed by atoms with van der Waals surface area (Å²) >= 11 is 3.25. The molecule has 11 nitrogen and oxygen atoms in total. The van der Waals surface area contributed by atoms with Crippen LogP contribution in [0.25, 0.3) is 11.0 Å². The summed E-state index contributed by atoms with van der Waals surface area (Å²) in [6.45, 7) is 94.2. The molecule has 3 saturated heterocycles. The minimum Gasteiger partial charge on any atom is -0.357 e. The van der Waals surface area contributed by atoms with Crippen LogP contribution in [0.2, 0.25) is 0 Å². The van der Waals surface area contributed by atoms with Crippen LogP contribution in [0.3, 0.4) is 0 Å². The number of thiazole rings is 1. The molecule has 0 spiro atoms. The predicted molar refractivity (Wildman–Crippen MR) is 531 cm³/mol. The maximum absolute atomic E-state index is 11.8. The molecule has 0 aromatic carbocycles. The highest BCUT2D eigenvalue weighted by Crippen LogP contribution is 2.37. The standard InChI is InChI=1S/C14H20N2.C13H26.C12H20NO.C12H19N.C10H17NS.C10H16O2S2.2C9H19N.C9H20.C8H17N/c1-9(2)7-11-8-14-13(15-11)6-5-12(16-14)10(3)4;1-10(2)9-12-5-7-13(8-6-12)11(3)4;1-9(2)5-11-6-12(10(3)4)8-13(14)7-11;1-9(2)7-11-5-6-13-12(8-11)10(3)4;1-7(2)5-9-6-11-10(12-9)8(3)4;1-7(2)9-5-6-10(13-9)14(11,12)8(3)4;1-7(2)9-5-10(6-9)8(3)4;1-7(2)5-9-6-10(9)8(3)4;1-8(2)6-5-7-9(3)4;1-6(2)8-5-9(8)7(3)4/h5-6,8-10,15H,7H2,1-4H3;10-13H,5-9H2,1-4H3;6-10,14H,5H2,1-4H3;5-6,8-10H,7H2,1-4H3;6-8H,5H2,1-4H3;5-8H,1-4H3;2*7-9H,5-6H2,1-4H3;8-9H,5-7H2,1-4H3;6-8H,5H2,1-4H3/q;;+1;;;;;;;. The molecule has 4 unspecified atom stereocenters. The van der Waals surface area contributed by atoms with Gasteiger partial charge in [-0.2, -0.15) is 0 Å². The van der Waals surface area contributed by atoms with E-state index in [1.807, 2.05) is 29.8 Å². The Bertz CT molecular complexity index is 3660. The third-order valence-corrected chi connectivity index (χ3v) is 28.3. The summed E-state index contributed by atoms with van der Waals surface area (Å²) in [5.41, 5.74) is 9.72. The number of likely N-dealkylation sites (tertiary alicyclic amines) is 1. The molecule has 4 atom stereocenters. The molecule has 10 rings (SSSR count). The highest BCUT2D eigenvalue weighted by Gasteiger charge is 2.38. The third kappa shape index (κ3) is 48.6. The first-order valence-electron chi connectivity index (χ1n) is 48.4. The number of fused-ring (bicyclic) bond motifs is 1. The molecule has 0 amide bonds. The number of hydrogen-bond donors (Lipinski definition) is 2. The number of aromatic amines is 1. The maximum Gasteiger partial charge on any atom is 0.225 e. The average molecular weight is 1720 g/mol. The molecular weight excluding hydrogens is 1530 g/mol. The highest BCUT2D eigenvalue weighted by molar-refractivity contribution is 7.94. The monoisotopic (exact) mass is 1720 g/mol. The van der Waals surface area contributed by atoms with E-state index < -0.39 is 9.84 Å². The van der Waals surface area contributed by atoms with Gasteiger partial charge in [-0.1, -0.05) is 254 Å². The number of aromatic nitrogens is 5. The fraction of sp³-hybridized carbons (Fsp3) is 0.774. The molecular formula is C106H193N8O3S3+. The predicted octanol–water partition coefficient (Wildman–Crippen LogP) is 30.1. The smallest absolute Gasteiger partial charge is 0.225 e. The second-order valence-electron chi connectivity index (χ2n) is 43.1. The van der Waals surface area contributed by atoms with Gasteiger partial charge in [-0.3, -0.25) is 25.0 Å². The van der Waals surface area contributed by atoms with Crippen molar-refractivity contribution in [2.75, 3.05) is 26.2 Å². The van der Waals surface area contributed by atoms with Gasteiger partial charge in [0.1, 0.15) is 4.21 Å². The summed E-state index contributed by atoms with van der Waals surface area (Å²) < 4.78 is 25.2. The minimum absolute atomic E-state index is 0.332. The minimum atomic E-state index is -3.07. The van der Waals surface area contributed by atoms with Crippen LogP contribution in [0.1, 0.15) is 413 Å². The van der Waals surface area contributed by atoms with Crippen molar-refractivity contribution in [3.05, 3.63) is 122 Å². The zero-order valence-electron chi connectivity index (χ0n) is 85.5. The van der Waals surface area contributed by atoms with E-state index in [0.717, 1.165) is 136 Å². The number of sulfone groups is 1. The summed E-state index contributed by atoms with van der Waals surface area (Å²) in [4.78, 5) is 27.0. The Morgan fingerprint density at radius 2 is 1.00 bits per heavy atom. The molecule has 14 heteroatoms. The van der Waals surface area contributed by atoms with E-state index in [0.29, 0.717) is 45.6 Å². The van der Waals surface area contributed by atoms with Crippen LogP contribution >= 0.6 is 22.7 Å². The highest BCUT2D eigenvalue weighted by atomic mass is 32.2. The van der Waals surface area contributed by atoms with Gasteiger partial charge >= 0.3 is 0 Å². The SMILES string of the molecule is CC(C)C1CN(C(C)C)C1.CC(C)C1CN1C(C)C.CC(C)CC1CCC(C(C)C)CC1.CC(C)CC1CN1C(C)C.CC(C)CCCC(C)C.CC(C)Cc1cc(C(C)C)c[n+](O)c1.CC(C)Cc1cc2nc(C(C)C)ccc2[nH]1.CC(C)Cc1ccnc(C(C)C)c1.CC(C)Cc1cnc(C(C)C)s1.CC(C)c1ccc(S(=O)(=O)C(C)C)s1. The number of H-pyrrole nitrogens is 1. The normalized spacial score (nSPS) is 17.9. The lowest BCUT2D eigenvalue weighted by molar-refractivity contribution is -0.905. The van der Waals surface area contributed by atoms with E-state index in [-0.39, 0.29) is 5.25 Å². The number of pyridine rings is 3. The van der Waals surface area contributed by atoms with Crippen LogP contribution in [-0.4, -0.2) is 110 Å². The third-order valence-electron chi connectivity index (χ3n) is 22.9. The van der Waals surface area contributed by atoms with E-state index in [4.69, 9.17) is 0 Å². The Hall–Kier alpha value is -4.05.